The maximum atomic E-state index is 6.51. The van der Waals surface area contributed by atoms with E-state index in [-0.39, 0.29) is 0 Å². The van der Waals surface area contributed by atoms with Crippen LogP contribution in [0, 0.1) is 0 Å². The lowest BCUT2D eigenvalue weighted by Crippen LogP contribution is -1.96. The number of aromatic nitrogens is 3. The quantitative estimate of drug-likeness (QED) is 0.153. The van der Waals surface area contributed by atoms with Gasteiger partial charge in [0.1, 0.15) is 11.2 Å². The molecule has 3 heterocycles. The van der Waals surface area contributed by atoms with Gasteiger partial charge in [0.05, 0.1) is 28.0 Å². The summed E-state index contributed by atoms with van der Waals surface area (Å²) in [7, 11) is 0. The molecule has 0 N–H and O–H groups in total. The van der Waals surface area contributed by atoms with E-state index in [0.29, 0.717) is 5.82 Å². The summed E-state index contributed by atoms with van der Waals surface area (Å²) < 4.78 is 6.51. The highest BCUT2D eigenvalue weighted by molar-refractivity contribution is 6.19. The summed E-state index contributed by atoms with van der Waals surface area (Å²) in [6, 6.07) is 82.7. The van der Waals surface area contributed by atoms with Gasteiger partial charge in [0.2, 0.25) is 0 Å². The van der Waals surface area contributed by atoms with Crippen LogP contribution < -0.4 is 0 Å². The average Bonchev–Trinajstić information content (AvgIpc) is 3.79. The van der Waals surface area contributed by atoms with E-state index in [2.05, 4.69) is 206 Å². The topological polar surface area (TPSA) is 51.8 Å². The molecule has 12 aromatic rings. The monoisotopic (exact) mass is 829 g/mol. The van der Waals surface area contributed by atoms with Gasteiger partial charge in [-0.15, -0.1) is 0 Å². The Kier molecular flexibility index (Phi) is 9.46. The van der Waals surface area contributed by atoms with Crippen molar-refractivity contribution in [3.05, 3.63) is 237 Å². The molecule has 0 radical (unpaired) electrons. The summed E-state index contributed by atoms with van der Waals surface area (Å²) >= 11 is 0. The Balaban J connectivity index is 0.862. The molecule has 9 aromatic carbocycles. The minimum absolute atomic E-state index is 0.680. The largest absolute Gasteiger partial charge is 0.455 e. The number of furan rings is 1. The lowest BCUT2D eigenvalue weighted by atomic mass is 9.97. The number of benzene rings is 9. The van der Waals surface area contributed by atoms with E-state index in [9.17, 15) is 0 Å². The van der Waals surface area contributed by atoms with Crippen LogP contribution >= 0.6 is 0 Å². The van der Waals surface area contributed by atoms with Crippen molar-refractivity contribution < 1.29 is 4.42 Å². The lowest BCUT2D eigenvalue weighted by molar-refractivity contribution is 0.672. The fourth-order valence-electron chi connectivity index (χ4n) is 8.91. The Hall–Kier alpha value is -8.73. The van der Waals surface area contributed by atoms with Gasteiger partial charge in [-0.25, -0.2) is 15.0 Å². The molecule has 0 aliphatic heterocycles. The van der Waals surface area contributed by atoms with Crippen molar-refractivity contribution in [2.75, 3.05) is 0 Å². The van der Waals surface area contributed by atoms with Crippen molar-refractivity contribution >= 4 is 32.8 Å². The number of fused-ring (bicyclic) bond motifs is 5. The molecule has 0 atom stereocenters. The second-order valence-electron chi connectivity index (χ2n) is 16.4. The predicted molar refractivity (Wildman–Crippen MR) is 268 cm³/mol. The van der Waals surface area contributed by atoms with Gasteiger partial charge < -0.3 is 4.42 Å². The first-order valence-electron chi connectivity index (χ1n) is 21.9. The van der Waals surface area contributed by atoms with Crippen molar-refractivity contribution in [1.82, 2.24) is 15.0 Å². The number of hydrogen-bond acceptors (Lipinski definition) is 4. The van der Waals surface area contributed by atoms with Crippen molar-refractivity contribution in [1.29, 1.82) is 0 Å². The Labute approximate surface area is 376 Å². The number of para-hydroxylation sites is 1. The fraction of sp³-hybridized carbons (Fsp3) is 0. The Morgan fingerprint density at radius 2 is 0.677 bits per heavy atom. The molecule has 0 unspecified atom stereocenters. The second kappa shape index (κ2) is 16.2. The maximum absolute atomic E-state index is 6.51. The van der Waals surface area contributed by atoms with Crippen molar-refractivity contribution in [3.8, 4) is 89.7 Å². The molecule has 0 fully saturated rings. The number of nitrogens with zero attached hydrogens (tertiary/aromatic N) is 3. The minimum Gasteiger partial charge on any atom is -0.455 e. The molecule has 3 aromatic heterocycles. The molecule has 0 aliphatic rings. The molecule has 4 heteroatoms. The highest BCUT2D eigenvalue weighted by atomic mass is 16.3. The zero-order chi connectivity index (χ0) is 43.1. The molecule has 304 valence electrons. The van der Waals surface area contributed by atoms with Gasteiger partial charge >= 0.3 is 0 Å². The van der Waals surface area contributed by atoms with Crippen molar-refractivity contribution in [2.45, 2.75) is 0 Å². The maximum Gasteiger partial charge on any atom is 0.160 e. The summed E-state index contributed by atoms with van der Waals surface area (Å²) in [5.74, 6) is 0.680. The van der Waals surface area contributed by atoms with Crippen LogP contribution in [0.4, 0.5) is 0 Å². The van der Waals surface area contributed by atoms with Crippen LogP contribution in [0.2, 0.25) is 0 Å². The van der Waals surface area contributed by atoms with E-state index in [1.807, 2.05) is 30.3 Å². The molecule has 12 rings (SSSR count). The first-order valence-corrected chi connectivity index (χ1v) is 21.9. The lowest BCUT2D eigenvalue weighted by Gasteiger charge is -2.11. The van der Waals surface area contributed by atoms with E-state index < -0.39 is 0 Å². The van der Waals surface area contributed by atoms with Crippen LogP contribution in [0.15, 0.2) is 241 Å². The summed E-state index contributed by atoms with van der Waals surface area (Å²) in [6.45, 7) is 0. The van der Waals surface area contributed by atoms with Gasteiger partial charge in [-0.05, 0) is 68.8 Å². The molecule has 0 aliphatic carbocycles. The summed E-state index contributed by atoms with van der Waals surface area (Å²) in [5.41, 5.74) is 18.5. The smallest absolute Gasteiger partial charge is 0.160 e. The number of rotatable bonds is 8. The van der Waals surface area contributed by atoms with Crippen LogP contribution in [0.1, 0.15) is 0 Å². The van der Waals surface area contributed by atoms with E-state index in [0.717, 1.165) is 94.4 Å². The molecule has 0 saturated heterocycles. The predicted octanol–water partition coefficient (Wildman–Crippen LogP) is 16.3. The fourth-order valence-corrected chi connectivity index (χ4v) is 8.91. The third-order valence-electron chi connectivity index (χ3n) is 12.4. The SMILES string of the molecule is c1ccc(-c2ccc(-c3cc(-c4ccc(-c5ccccc5)cc4)nc(-c4ccc(-c5ccc(-c6ccc7c(c6)nc(-c6ccccc6)c6c8ccccc8oc76)cc5)cc4)n3)cc2)cc1. The normalized spacial score (nSPS) is 11.4. The standard InChI is InChI=1S/C61H39N3O/c1-4-12-40(13-5-1)42-24-30-47(31-25-42)54-39-55(48-32-26-43(27-33-48)41-14-6-2-7-15-41)64-61(63-54)50-34-28-45(29-35-50)44-20-22-46(23-21-44)51-36-37-52-56(38-51)62-59(49-16-8-3-9-17-49)58-53-18-10-11-19-57(53)65-60(52)58/h1-39H. The first kappa shape index (κ1) is 38.0. The molecule has 65 heavy (non-hydrogen) atoms. The Morgan fingerprint density at radius 1 is 0.277 bits per heavy atom. The van der Waals surface area contributed by atoms with Gasteiger partial charge in [0.25, 0.3) is 0 Å². The Bertz CT molecular complexity index is 3540. The summed E-state index contributed by atoms with van der Waals surface area (Å²) in [4.78, 5) is 15.6. The number of pyridine rings is 1. The molecule has 4 nitrogen and oxygen atoms in total. The van der Waals surface area contributed by atoms with E-state index in [1.165, 1.54) is 22.3 Å². The van der Waals surface area contributed by atoms with E-state index in [1.54, 1.807) is 0 Å². The van der Waals surface area contributed by atoms with Gasteiger partial charge in [-0.1, -0.05) is 212 Å². The van der Waals surface area contributed by atoms with Crippen LogP contribution in [0.25, 0.3) is 123 Å². The van der Waals surface area contributed by atoms with Gasteiger partial charge in [-0.3, -0.25) is 0 Å². The molecule has 0 amide bonds. The third-order valence-corrected chi connectivity index (χ3v) is 12.4. The molecular formula is C61H39N3O. The molecular weight excluding hydrogens is 791 g/mol. The zero-order valence-corrected chi connectivity index (χ0v) is 35.3. The van der Waals surface area contributed by atoms with Crippen LogP contribution in [-0.2, 0) is 0 Å². The molecule has 0 saturated carbocycles. The van der Waals surface area contributed by atoms with Crippen LogP contribution in [0.3, 0.4) is 0 Å². The summed E-state index contributed by atoms with van der Waals surface area (Å²) in [6.07, 6.45) is 0. The highest BCUT2D eigenvalue weighted by Gasteiger charge is 2.18. The highest BCUT2D eigenvalue weighted by Crippen LogP contribution is 2.41. The van der Waals surface area contributed by atoms with E-state index >= 15 is 0 Å². The van der Waals surface area contributed by atoms with Crippen molar-refractivity contribution in [3.63, 3.8) is 0 Å². The van der Waals surface area contributed by atoms with Gasteiger partial charge in [0, 0.05) is 33.0 Å². The van der Waals surface area contributed by atoms with Crippen molar-refractivity contribution in [2.24, 2.45) is 0 Å². The Morgan fingerprint density at radius 3 is 1.20 bits per heavy atom. The number of hydrogen-bond donors (Lipinski definition) is 0. The van der Waals surface area contributed by atoms with E-state index in [4.69, 9.17) is 19.4 Å². The third kappa shape index (κ3) is 7.23. The molecule has 0 spiro atoms. The zero-order valence-electron chi connectivity index (χ0n) is 35.3. The summed E-state index contributed by atoms with van der Waals surface area (Å²) in [5, 5.41) is 3.12. The second-order valence-corrected chi connectivity index (χ2v) is 16.4. The minimum atomic E-state index is 0.680. The first-order chi connectivity index (χ1) is 32.2. The average molecular weight is 830 g/mol. The van der Waals surface area contributed by atoms with Crippen LogP contribution in [-0.4, -0.2) is 15.0 Å². The molecule has 0 bridgehead atoms. The van der Waals surface area contributed by atoms with Crippen LogP contribution in [0.5, 0.6) is 0 Å². The van der Waals surface area contributed by atoms with Gasteiger partial charge in [-0.2, -0.15) is 0 Å². The van der Waals surface area contributed by atoms with Gasteiger partial charge in [0.15, 0.2) is 5.82 Å².